The van der Waals surface area contributed by atoms with Crippen LogP contribution in [0, 0.1) is 5.82 Å². The first kappa shape index (κ1) is 17.9. The first-order valence-electron chi connectivity index (χ1n) is 8.53. The molecule has 0 unspecified atom stereocenters. The lowest BCUT2D eigenvalue weighted by Crippen LogP contribution is -2.37. The van der Waals surface area contributed by atoms with Gasteiger partial charge in [-0.3, -0.25) is 9.59 Å². The number of carbonyl (C=O) groups excluding carboxylic acids is 2. The summed E-state index contributed by atoms with van der Waals surface area (Å²) in [6.45, 7) is 0.876. The number of nitrogens with zero attached hydrogens (tertiary/aromatic N) is 2. The molecule has 0 saturated carbocycles. The van der Waals surface area contributed by atoms with E-state index in [2.05, 4.69) is 5.32 Å². The summed E-state index contributed by atoms with van der Waals surface area (Å²) in [5, 5.41) is 2.92. The van der Waals surface area contributed by atoms with Gasteiger partial charge in [0.25, 0.3) is 5.91 Å². The highest BCUT2D eigenvalue weighted by Crippen LogP contribution is 2.17. The van der Waals surface area contributed by atoms with Gasteiger partial charge in [0, 0.05) is 44.9 Å². The summed E-state index contributed by atoms with van der Waals surface area (Å²) in [5.74, 6) is -0.494. The molecule has 1 aliphatic heterocycles. The Morgan fingerprint density at radius 2 is 1.81 bits per heavy atom. The molecular weight excluding hydrogens is 333 g/mol. The first-order chi connectivity index (χ1) is 12.4. The van der Waals surface area contributed by atoms with Crippen LogP contribution in [-0.4, -0.2) is 43.4 Å². The zero-order valence-corrected chi connectivity index (χ0v) is 14.9. The molecule has 3 rings (SSSR count). The van der Waals surface area contributed by atoms with E-state index in [0.29, 0.717) is 18.7 Å². The summed E-state index contributed by atoms with van der Waals surface area (Å²) in [5.41, 5.74) is 2.45. The summed E-state index contributed by atoms with van der Waals surface area (Å²) in [7, 11) is 3.88. The zero-order chi connectivity index (χ0) is 18.7. The molecule has 1 aliphatic rings. The van der Waals surface area contributed by atoms with E-state index in [1.165, 1.54) is 12.1 Å². The van der Waals surface area contributed by atoms with Gasteiger partial charge in [-0.05, 0) is 42.0 Å². The van der Waals surface area contributed by atoms with Crippen LogP contribution >= 0.6 is 0 Å². The van der Waals surface area contributed by atoms with Gasteiger partial charge in [0.15, 0.2) is 0 Å². The van der Waals surface area contributed by atoms with Gasteiger partial charge in [-0.2, -0.15) is 0 Å². The van der Waals surface area contributed by atoms with Gasteiger partial charge in [0.1, 0.15) is 5.82 Å². The highest BCUT2D eigenvalue weighted by atomic mass is 19.1. The van der Waals surface area contributed by atoms with Crippen LogP contribution in [0.25, 0.3) is 0 Å². The van der Waals surface area contributed by atoms with Crippen LogP contribution in [0.2, 0.25) is 0 Å². The van der Waals surface area contributed by atoms with Crippen LogP contribution in [0.5, 0.6) is 0 Å². The maximum Gasteiger partial charge on any atom is 0.251 e. The van der Waals surface area contributed by atoms with Crippen LogP contribution < -0.4 is 10.2 Å². The number of benzene rings is 2. The Kier molecular flexibility index (Phi) is 5.21. The van der Waals surface area contributed by atoms with E-state index in [4.69, 9.17) is 0 Å². The Labute approximate surface area is 152 Å². The van der Waals surface area contributed by atoms with Gasteiger partial charge >= 0.3 is 0 Å². The van der Waals surface area contributed by atoms with Crippen LogP contribution in [0.4, 0.5) is 10.1 Å². The minimum atomic E-state index is -0.299. The molecule has 0 spiro atoms. The van der Waals surface area contributed by atoms with E-state index in [-0.39, 0.29) is 30.1 Å². The van der Waals surface area contributed by atoms with E-state index in [9.17, 15) is 14.0 Å². The lowest BCUT2D eigenvalue weighted by atomic mass is 10.1. The fourth-order valence-electron chi connectivity index (χ4n) is 3.01. The molecule has 1 atom stereocenters. The van der Waals surface area contributed by atoms with Gasteiger partial charge in [-0.15, -0.1) is 0 Å². The Hall–Kier alpha value is -2.89. The number of hydrogen-bond acceptors (Lipinski definition) is 3. The van der Waals surface area contributed by atoms with Crippen molar-refractivity contribution in [2.45, 2.75) is 19.0 Å². The fraction of sp³-hybridized carbons (Fsp3) is 0.300. The third-order valence-corrected chi connectivity index (χ3v) is 4.48. The van der Waals surface area contributed by atoms with Crippen molar-refractivity contribution in [1.82, 2.24) is 10.2 Å². The largest absolute Gasteiger partial charge is 0.378 e. The standard InChI is InChI=1S/C20H22FN3O2/c1-23(2)18-9-5-15(6-10-18)20(26)22-17-11-19(25)24(13-17)12-14-3-7-16(21)8-4-14/h3-10,17H,11-13H2,1-2H3,(H,22,26)/t17-/m1/s1. The summed E-state index contributed by atoms with van der Waals surface area (Å²) in [4.78, 5) is 28.2. The van der Waals surface area contributed by atoms with Crippen molar-refractivity contribution < 1.29 is 14.0 Å². The number of carbonyl (C=O) groups is 2. The molecular formula is C20H22FN3O2. The van der Waals surface area contributed by atoms with Gasteiger partial charge in [0.2, 0.25) is 5.91 Å². The van der Waals surface area contributed by atoms with E-state index in [0.717, 1.165) is 11.3 Å². The summed E-state index contributed by atoms with van der Waals surface area (Å²) < 4.78 is 13.0. The second-order valence-electron chi connectivity index (χ2n) is 6.72. The Morgan fingerprint density at radius 1 is 1.15 bits per heavy atom. The Balaban J connectivity index is 1.58. The topological polar surface area (TPSA) is 52.7 Å². The smallest absolute Gasteiger partial charge is 0.251 e. The molecule has 1 N–H and O–H groups in total. The molecule has 0 bridgehead atoms. The van der Waals surface area contributed by atoms with Crippen molar-refractivity contribution in [2.24, 2.45) is 0 Å². The number of amides is 2. The van der Waals surface area contributed by atoms with Gasteiger partial charge < -0.3 is 15.1 Å². The third-order valence-electron chi connectivity index (χ3n) is 4.48. The average molecular weight is 355 g/mol. The molecule has 5 nitrogen and oxygen atoms in total. The molecule has 2 aromatic carbocycles. The lowest BCUT2D eigenvalue weighted by molar-refractivity contribution is -0.128. The fourth-order valence-corrected chi connectivity index (χ4v) is 3.01. The summed E-state index contributed by atoms with van der Waals surface area (Å²) >= 11 is 0. The minimum Gasteiger partial charge on any atom is -0.378 e. The number of anilines is 1. The van der Waals surface area contributed by atoms with E-state index < -0.39 is 0 Å². The Morgan fingerprint density at radius 3 is 2.42 bits per heavy atom. The molecule has 136 valence electrons. The van der Waals surface area contributed by atoms with E-state index >= 15 is 0 Å². The predicted octanol–water partition coefficient (Wildman–Crippen LogP) is 2.42. The number of rotatable bonds is 5. The summed E-state index contributed by atoms with van der Waals surface area (Å²) in [6.07, 6.45) is 0.280. The average Bonchev–Trinajstić information content (AvgIpc) is 2.96. The van der Waals surface area contributed by atoms with Crippen LogP contribution in [0.1, 0.15) is 22.3 Å². The third kappa shape index (κ3) is 4.20. The van der Waals surface area contributed by atoms with Crippen LogP contribution in [0.15, 0.2) is 48.5 Å². The van der Waals surface area contributed by atoms with Crippen LogP contribution in [-0.2, 0) is 11.3 Å². The molecule has 0 aliphatic carbocycles. The normalized spacial score (nSPS) is 16.7. The number of hydrogen-bond donors (Lipinski definition) is 1. The molecule has 2 aromatic rings. The number of nitrogens with one attached hydrogen (secondary N) is 1. The maximum atomic E-state index is 13.0. The molecule has 2 amide bonds. The lowest BCUT2D eigenvalue weighted by Gasteiger charge is -2.17. The highest BCUT2D eigenvalue weighted by Gasteiger charge is 2.30. The molecule has 0 radical (unpaired) electrons. The summed E-state index contributed by atoms with van der Waals surface area (Å²) in [6, 6.07) is 13.2. The van der Waals surface area contributed by atoms with Crippen molar-refractivity contribution >= 4 is 17.5 Å². The molecule has 0 aromatic heterocycles. The zero-order valence-electron chi connectivity index (χ0n) is 14.9. The maximum absolute atomic E-state index is 13.0. The second-order valence-corrected chi connectivity index (χ2v) is 6.72. The molecule has 1 saturated heterocycles. The Bertz CT molecular complexity index is 788. The van der Waals surface area contributed by atoms with Crippen molar-refractivity contribution in [2.75, 3.05) is 25.5 Å². The van der Waals surface area contributed by atoms with E-state index in [1.54, 1.807) is 29.2 Å². The van der Waals surface area contributed by atoms with Crippen LogP contribution in [0.3, 0.4) is 0 Å². The first-order valence-corrected chi connectivity index (χ1v) is 8.53. The predicted molar refractivity (Wildman–Crippen MR) is 98.5 cm³/mol. The number of likely N-dealkylation sites (tertiary alicyclic amines) is 1. The highest BCUT2D eigenvalue weighted by molar-refractivity contribution is 5.95. The monoisotopic (exact) mass is 355 g/mol. The van der Waals surface area contributed by atoms with Gasteiger partial charge in [-0.25, -0.2) is 4.39 Å². The number of halogens is 1. The van der Waals surface area contributed by atoms with Crippen molar-refractivity contribution in [3.05, 3.63) is 65.5 Å². The SMILES string of the molecule is CN(C)c1ccc(C(=O)N[C@@H]2CC(=O)N(Cc3ccc(F)cc3)C2)cc1. The van der Waals surface area contributed by atoms with Gasteiger partial charge in [0.05, 0.1) is 6.04 Å². The quantitative estimate of drug-likeness (QED) is 0.896. The van der Waals surface area contributed by atoms with Crippen molar-refractivity contribution in [3.63, 3.8) is 0 Å². The van der Waals surface area contributed by atoms with Crippen molar-refractivity contribution in [1.29, 1.82) is 0 Å². The second kappa shape index (κ2) is 7.56. The minimum absolute atomic E-state index is 0.0115. The van der Waals surface area contributed by atoms with Gasteiger partial charge in [-0.1, -0.05) is 12.1 Å². The molecule has 6 heteroatoms. The molecule has 1 fully saturated rings. The molecule has 26 heavy (non-hydrogen) atoms. The van der Waals surface area contributed by atoms with Crippen molar-refractivity contribution in [3.8, 4) is 0 Å². The van der Waals surface area contributed by atoms with E-state index in [1.807, 2.05) is 31.1 Å². The molecule has 1 heterocycles.